The number of halogens is 1. The fourth-order valence-corrected chi connectivity index (χ4v) is 3.17. The highest BCUT2D eigenvalue weighted by Gasteiger charge is 2.29. The van der Waals surface area contributed by atoms with Gasteiger partial charge in [0.05, 0.1) is 30.2 Å². The Kier molecular flexibility index (Phi) is 4.53. The third-order valence-corrected chi connectivity index (χ3v) is 4.57. The molecule has 1 saturated heterocycles. The van der Waals surface area contributed by atoms with E-state index in [4.69, 9.17) is 20.8 Å². The van der Waals surface area contributed by atoms with Gasteiger partial charge in [-0.1, -0.05) is 17.7 Å². The first kappa shape index (κ1) is 16.9. The van der Waals surface area contributed by atoms with E-state index in [1.165, 1.54) is 5.01 Å². The molecular formula is C19H18ClN3O3. The van der Waals surface area contributed by atoms with E-state index < -0.39 is 0 Å². The Bertz CT molecular complexity index is 897. The molecule has 1 aromatic carbocycles. The molecule has 0 radical (unpaired) electrons. The van der Waals surface area contributed by atoms with Crippen LogP contribution >= 0.6 is 11.6 Å². The summed E-state index contributed by atoms with van der Waals surface area (Å²) in [6.45, 7) is 4.78. The molecule has 4 rings (SSSR count). The van der Waals surface area contributed by atoms with E-state index in [1.807, 2.05) is 12.1 Å². The Morgan fingerprint density at radius 2 is 2.00 bits per heavy atom. The molecular weight excluding hydrogens is 354 g/mol. The number of hydrogen-bond donors (Lipinski definition) is 0. The molecule has 0 unspecified atom stereocenters. The van der Waals surface area contributed by atoms with Gasteiger partial charge in [0.2, 0.25) is 0 Å². The number of carbonyl (C=O) groups excluding carboxylic acids is 1. The maximum absolute atomic E-state index is 12.8. The second-order valence-corrected chi connectivity index (χ2v) is 6.55. The average Bonchev–Trinajstić information content (AvgIpc) is 3.23. The number of furan rings is 1. The highest BCUT2D eigenvalue weighted by Crippen LogP contribution is 2.28. The van der Waals surface area contributed by atoms with Crippen molar-refractivity contribution in [3.63, 3.8) is 0 Å². The number of hydrogen-bond acceptors (Lipinski definition) is 5. The minimum Gasteiger partial charge on any atom is -0.441 e. The predicted molar refractivity (Wildman–Crippen MR) is 102 cm³/mol. The summed E-state index contributed by atoms with van der Waals surface area (Å²) in [5.41, 5.74) is 1.78. The molecule has 6 nitrogen and oxygen atoms in total. The van der Waals surface area contributed by atoms with Crippen molar-refractivity contribution in [1.82, 2.24) is 0 Å². The zero-order valence-corrected chi connectivity index (χ0v) is 15.1. The summed E-state index contributed by atoms with van der Waals surface area (Å²) in [4.78, 5) is 14.9. The summed E-state index contributed by atoms with van der Waals surface area (Å²) < 4.78 is 11.2. The van der Waals surface area contributed by atoms with Crippen LogP contribution in [0.3, 0.4) is 0 Å². The van der Waals surface area contributed by atoms with Crippen LogP contribution in [0.5, 0.6) is 0 Å². The van der Waals surface area contributed by atoms with Crippen molar-refractivity contribution in [3.05, 3.63) is 52.8 Å². The monoisotopic (exact) mass is 371 g/mol. The van der Waals surface area contributed by atoms with Gasteiger partial charge in [-0.25, -0.2) is 0 Å². The molecule has 0 spiro atoms. The molecule has 2 aliphatic rings. The molecule has 1 fully saturated rings. The van der Waals surface area contributed by atoms with Crippen LogP contribution in [-0.4, -0.2) is 37.9 Å². The molecule has 2 aromatic rings. The van der Waals surface area contributed by atoms with Gasteiger partial charge in [-0.3, -0.25) is 4.79 Å². The summed E-state index contributed by atoms with van der Waals surface area (Å²) in [7, 11) is 0. The van der Waals surface area contributed by atoms with Crippen molar-refractivity contribution in [2.45, 2.75) is 6.92 Å². The molecule has 0 aliphatic carbocycles. The minimum atomic E-state index is -0.200. The summed E-state index contributed by atoms with van der Waals surface area (Å²) in [6.07, 6.45) is 1.73. The van der Waals surface area contributed by atoms with Gasteiger partial charge in [-0.15, -0.1) is 0 Å². The molecule has 0 atom stereocenters. The van der Waals surface area contributed by atoms with E-state index in [0.29, 0.717) is 41.0 Å². The van der Waals surface area contributed by atoms with Crippen LogP contribution in [-0.2, 0) is 9.53 Å². The first-order valence-electron chi connectivity index (χ1n) is 8.41. The maximum atomic E-state index is 12.8. The molecule has 7 heteroatoms. The number of nitrogens with zero attached hydrogens (tertiary/aromatic N) is 3. The molecule has 0 bridgehead atoms. The Hall–Kier alpha value is -2.57. The average molecular weight is 372 g/mol. The van der Waals surface area contributed by atoms with Crippen LogP contribution in [0.25, 0.3) is 6.08 Å². The fourth-order valence-electron chi connectivity index (χ4n) is 2.98. The first-order chi connectivity index (χ1) is 12.6. The van der Waals surface area contributed by atoms with Gasteiger partial charge in [0, 0.05) is 24.2 Å². The Balaban J connectivity index is 1.57. The van der Waals surface area contributed by atoms with Crippen LogP contribution in [0.1, 0.15) is 12.7 Å². The molecule has 2 aliphatic heterocycles. The highest BCUT2D eigenvalue weighted by molar-refractivity contribution is 6.33. The maximum Gasteiger partial charge on any atom is 0.280 e. The normalized spacial score (nSPS) is 19.4. The second kappa shape index (κ2) is 6.97. The SMILES string of the molecule is CC1=NN(c2cccc(Cl)c2)C(=O)/C1=C\c1ccc(N2CCOCC2)o1. The molecule has 0 N–H and O–H groups in total. The van der Waals surface area contributed by atoms with Crippen molar-refractivity contribution in [3.8, 4) is 0 Å². The molecule has 134 valence electrons. The largest absolute Gasteiger partial charge is 0.441 e. The topological polar surface area (TPSA) is 58.3 Å². The molecule has 26 heavy (non-hydrogen) atoms. The van der Waals surface area contributed by atoms with Crippen LogP contribution in [0.2, 0.25) is 5.02 Å². The van der Waals surface area contributed by atoms with E-state index in [-0.39, 0.29) is 5.91 Å². The lowest BCUT2D eigenvalue weighted by molar-refractivity contribution is -0.114. The number of amides is 1. The van der Waals surface area contributed by atoms with Gasteiger partial charge in [-0.05, 0) is 37.3 Å². The summed E-state index contributed by atoms with van der Waals surface area (Å²) >= 11 is 6.02. The molecule has 1 amide bonds. The van der Waals surface area contributed by atoms with Gasteiger partial charge in [0.25, 0.3) is 5.91 Å². The van der Waals surface area contributed by atoms with Crippen LogP contribution in [0, 0.1) is 0 Å². The quantitative estimate of drug-likeness (QED) is 0.774. The van der Waals surface area contributed by atoms with E-state index in [2.05, 4.69) is 10.0 Å². The van der Waals surface area contributed by atoms with Crippen molar-refractivity contribution < 1.29 is 13.9 Å². The summed E-state index contributed by atoms with van der Waals surface area (Å²) in [5, 5.41) is 6.28. The van der Waals surface area contributed by atoms with Crippen LogP contribution in [0.15, 0.2) is 51.5 Å². The zero-order chi connectivity index (χ0) is 18.1. The number of morpholine rings is 1. The highest BCUT2D eigenvalue weighted by atomic mass is 35.5. The van der Waals surface area contributed by atoms with Gasteiger partial charge in [0.1, 0.15) is 5.76 Å². The number of hydrazone groups is 1. The Morgan fingerprint density at radius 1 is 1.19 bits per heavy atom. The van der Waals surface area contributed by atoms with E-state index in [9.17, 15) is 4.79 Å². The lowest BCUT2D eigenvalue weighted by Gasteiger charge is -2.26. The zero-order valence-electron chi connectivity index (χ0n) is 14.3. The lowest BCUT2D eigenvalue weighted by atomic mass is 10.1. The van der Waals surface area contributed by atoms with E-state index in [1.54, 1.807) is 37.3 Å². The van der Waals surface area contributed by atoms with Gasteiger partial charge in [-0.2, -0.15) is 10.1 Å². The number of ether oxygens (including phenoxy) is 1. The minimum absolute atomic E-state index is 0.200. The number of benzene rings is 1. The second-order valence-electron chi connectivity index (χ2n) is 6.12. The third kappa shape index (κ3) is 3.25. The van der Waals surface area contributed by atoms with Gasteiger partial charge < -0.3 is 14.1 Å². The van der Waals surface area contributed by atoms with Crippen molar-refractivity contribution in [2.24, 2.45) is 5.10 Å². The van der Waals surface area contributed by atoms with Crippen molar-refractivity contribution in [1.29, 1.82) is 0 Å². The summed E-state index contributed by atoms with van der Waals surface area (Å²) in [6, 6.07) is 10.8. The Morgan fingerprint density at radius 3 is 2.77 bits per heavy atom. The number of rotatable bonds is 3. The van der Waals surface area contributed by atoms with Gasteiger partial charge >= 0.3 is 0 Å². The number of carbonyl (C=O) groups is 1. The smallest absolute Gasteiger partial charge is 0.280 e. The summed E-state index contributed by atoms with van der Waals surface area (Å²) in [5.74, 6) is 1.21. The first-order valence-corrected chi connectivity index (χ1v) is 8.79. The third-order valence-electron chi connectivity index (χ3n) is 4.34. The number of anilines is 2. The lowest BCUT2D eigenvalue weighted by Crippen LogP contribution is -2.35. The van der Waals surface area contributed by atoms with Crippen molar-refractivity contribution in [2.75, 3.05) is 36.2 Å². The Labute approximate surface area is 156 Å². The van der Waals surface area contributed by atoms with Crippen molar-refractivity contribution >= 4 is 40.9 Å². The molecule has 0 saturated carbocycles. The fraction of sp³-hybridized carbons (Fsp3) is 0.263. The van der Waals surface area contributed by atoms with Gasteiger partial charge in [0.15, 0.2) is 5.88 Å². The van der Waals surface area contributed by atoms with Crippen LogP contribution in [0.4, 0.5) is 11.6 Å². The molecule has 3 heterocycles. The predicted octanol–water partition coefficient (Wildman–Crippen LogP) is 3.58. The molecule has 1 aromatic heterocycles. The van der Waals surface area contributed by atoms with E-state index >= 15 is 0 Å². The standard InChI is InChI=1S/C19H18ClN3O3/c1-13-17(19(24)23(21-13)15-4-2-3-14(20)11-15)12-16-5-6-18(26-16)22-7-9-25-10-8-22/h2-6,11-12H,7-10H2,1H3/b17-12-. The van der Waals surface area contributed by atoms with Crippen LogP contribution < -0.4 is 9.91 Å². The van der Waals surface area contributed by atoms with E-state index in [0.717, 1.165) is 19.0 Å².